The molecule has 0 aromatic heterocycles. The van der Waals surface area contributed by atoms with Crippen molar-refractivity contribution in [2.24, 2.45) is 0 Å². The Balaban J connectivity index is 0. The number of hydrogen-bond acceptors (Lipinski definition) is 1. The van der Waals surface area contributed by atoms with Crippen LogP contribution in [0.1, 0.15) is 0 Å². The molecule has 0 heterocycles. The second kappa shape index (κ2) is 20.6. The molecule has 0 aliphatic rings. The molecule has 0 bridgehead atoms. The van der Waals surface area contributed by atoms with Crippen molar-refractivity contribution < 1.29 is 26.8 Å². The van der Waals surface area contributed by atoms with E-state index < -0.39 is 0 Å². The molecule has 3 aromatic carbocycles. The molecule has 1 nitrogen and oxygen atoms in total. The summed E-state index contributed by atoms with van der Waals surface area (Å²) in [6.07, 6.45) is 0. The van der Waals surface area contributed by atoms with Crippen molar-refractivity contribution in [1.29, 1.82) is 0 Å². The van der Waals surface area contributed by atoms with E-state index in [1.807, 2.05) is 91.0 Å². The van der Waals surface area contributed by atoms with E-state index in [9.17, 15) is 0 Å². The van der Waals surface area contributed by atoms with Gasteiger partial charge < -0.3 is 5.11 Å². The van der Waals surface area contributed by atoms with Crippen molar-refractivity contribution in [2.75, 3.05) is 7.11 Å². The SMILES string of the molecule is CO.[Ti+3].[c-]1ccccc1.[c-]1ccccc1.[c-]1ccccc1. The molecule has 0 spiro atoms. The van der Waals surface area contributed by atoms with E-state index in [-0.39, 0.29) is 21.7 Å². The van der Waals surface area contributed by atoms with Crippen molar-refractivity contribution in [1.82, 2.24) is 0 Å². The summed E-state index contributed by atoms with van der Waals surface area (Å²) in [5, 5.41) is 7.00. The normalized spacial score (nSPS) is 7.14. The molecule has 0 amide bonds. The van der Waals surface area contributed by atoms with Gasteiger partial charge in [-0.25, -0.2) is 0 Å². The van der Waals surface area contributed by atoms with Crippen molar-refractivity contribution in [3.8, 4) is 0 Å². The molecule has 1 radical (unpaired) electrons. The molecule has 2 heteroatoms. The standard InChI is InChI=1S/3C6H5.CH4O.Ti/c3*1-2-4-6-5-3-1;1-2;/h3*1-5H;2H,1H3;/q3*-1;;+3. The van der Waals surface area contributed by atoms with Crippen molar-refractivity contribution in [2.45, 2.75) is 0 Å². The van der Waals surface area contributed by atoms with Gasteiger partial charge in [0.1, 0.15) is 0 Å². The second-order valence-corrected chi connectivity index (χ2v) is 3.23. The Hall–Kier alpha value is -1.67. The fourth-order valence-corrected chi connectivity index (χ4v) is 1.03. The van der Waals surface area contributed by atoms with E-state index in [2.05, 4.69) is 18.2 Å². The van der Waals surface area contributed by atoms with Gasteiger partial charge in [-0.2, -0.15) is 109 Å². The van der Waals surface area contributed by atoms with E-state index in [1.54, 1.807) is 0 Å². The summed E-state index contributed by atoms with van der Waals surface area (Å²) in [7, 11) is 1.00. The van der Waals surface area contributed by atoms with Crippen LogP contribution in [0.3, 0.4) is 0 Å². The first-order chi connectivity index (χ1) is 10.0. The molecule has 21 heavy (non-hydrogen) atoms. The third kappa shape index (κ3) is 18.3. The molecule has 3 rings (SSSR count). The van der Waals surface area contributed by atoms with Gasteiger partial charge in [-0.15, -0.1) is 0 Å². The zero-order valence-electron chi connectivity index (χ0n) is 12.1. The molecule has 0 unspecified atom stereocenters. The maximum Gasteiger partial charge on any atom is 3.00 e. The van der Waals surface area contributed by atoms with E-state index in [0.29, 0.717) is 0 Å². The molecule has 1 N–H and O–H groups in total. The van der Waals surface area contributed by atoms with Gasteiger partial charge >= 0.3 is 21.7 Å². The summed E-state index contributed by atoms with van der Waals surface area (Å²) < 4.78 is 0. The van der Waals surface area contributed by atoms with Crippen LogP contribution in [0, 0.1) is 18.2 Å². The number of aliphatic hydroxyl groups is 1. The topological polar surface area (TPSA) is 20.2 Å². The van der Waals surface area contributed by atoms with Crippen molar-refractivity contribution in [3.05, 3.63) is 109 Å². The molecule has 105 valence electrons. The average Bonchev–Trinajstić information content (AvgIpc) is 2.62. The largest absolute Gasteiger partial charge is 3.00 e. The maximum absolute atomic E-state index is 7.00. The Morgan fingerprint density at radius 2 is 0.619 bits per heavy atom. The number of aliphatic hydroxyl groups excluding tert-OH is 1. The molecule has 0 saturated heterocycles. The molecular formula is C19H19OTi. The minimum atomic E-state index is 0. The maximum atomic E-state index is 7.00. The number of rotatable bonds is 0. The van der Waals surface area contributed by atoms with Gasteiger partial charge in [0.25, 0.3) is 0 Å². The van der Waals surface area contributed by atoms with Crippen LogP contribution in [0.4, 0.5) is 0 Å². The fourth-order valence-electron chi connectivity index (χ4n) is 1.03. The van der Waals surface area contributed by atoms with Crippen LogP contribution in [-0.2, 0) is 21.7 Å². The minimum Gasteiger partial charge on any atom is -0.400 e. The minimum absolute atomic E-state index is 0. The van der Waals surface area contributed by atoms with Gasteiger partial charge in [0, 0.05) is 7.11 Å². The van der Waals surface area contributed by atoms with Gasteiger partial charge in [0.15, 0.2) is 0 Å². The van der Waals surface area contributed by atoms with Gasteiger partial charge in [-0.1, -0.05) is 0 Å². The summed E-state index contributed by atoms with van der Waals surface area (Å²) in [6, 6.07) is 37.5. The molecule has 0 fully saturated rings. The quantitative estimate of drug-likeness (QED) is 0.490. The van der Waals surface area contributed by atoms with E-state index in [0.717, 1.165) is 7.11 Å². The van der Waals surface area contributed by atoms with Crippen LogP contribution in [0.15, 0.2) is 91.0 Å². The zero-order chi connectivity index (χ0) is 14.7. The van der Waals surface area contributed by atoms with E-state index in [1.165, 1.54) is 0 Å². The van der Waals surface area contributed by atoms with Crippen molar-refractivity contribution >= 4 is 0 Å². The number of hydrogen-bond donors (Lipinski definition) is 1. The third-order valence-corrected chi connectivity index (χ3v) is 1.82. The Kier molecular flexibility index (Phi) is 21.3. The number of benzene rings is 3. The first-order valence-corrected chi connectivity index (χ1v) is 6.18. The summed E-state index contributed by atoms with van der Waals surface area (Å²) in [5.74, 6) is 0. The smallest absolute Gasteiger partial charge is 0.400 e. The van der Waals surface area contributed by atoms with E-state index >= 15 is 0 Å². The second-order valence-electron chi connectivity index (χ2n) is 3.23. The average molecular weight is 311 g/mol. The van der Waals surface area contributed by atoms with Gasteiger partial charge in [0.2, 0.25) is 0 Å². The molecule has 0 saturated carbocycles. The molecule has 0 aliphatic heterocycles. The molecule has 3 aromatic rings. The Morgan fingerprint density at radius 3 is 0.667 bits per heavy atom. The predicted octanol–water partition coefficient (Wildman–Crippen LogP) is 4.07. The first kappa shape index (κ1) is 21.6. The van der Waals surface area contributed by atoms with Crippen LogP contribution in [-0.4, -0.2) is 12.2 Å². The van der Waals surface area contributed by atoms with Crippen LogP contribution < -0.4 is 0 Å². The molecule has 0 atom stereocenters. The van der Waals surface area contributed by atoms with Crippen LogP contribution in [0.5, 0.6) is 0 Å². The Bertz CT molecular complexity index is 302. The fraction of sp³-hybridized carbons (Fsp3) is 0.0526. The summed E-state index contributed by atoms with van der Waals surface area (Å²) in [5.41, 5.74) is 0. The van der Waals surface area contributed by atoms with Gasteiger partial charge in [0.05, 0.1) is 0 Å². The third-order valence-electron chi connectivity index (χ3n) is 1.82. The van der Waals surface area contributed by atoms with Crippen LogP contribution in [0.25, 0.3) is 0 Å². The van der Waals surface area contributed by atoms with Crippen LogP contribution >= 0.6 is 0 Å². The monoisotopic (exact) mass is 311 g/mol. The van der Waals surface area contributed by atoms with Gasteiger partial charge in [-0.3, -0.25) is 0 Å². The summed E-state index contributed by atoms with van der Waals surface area (Å²) in [6.45, 7) is 0. The van der Waals surface area contributed by atoms with Gasteiger partial charge in [-0.05, 0) is 0 Å². The van der Waals surface area contributed by atoms with Crippen LogP contribution in [0.2, 0.25) is 0 Å². The summed E-state index contributed by atoms with van der Waals surface area (Å²) in [4.78, 5) is 0. The Labute approximate surface area is 143 Å². The Morgan fingerprint density at radius 1 is 0.429 bits per heavy atom. The van der Waals surface area contributed by atoms with E-state index in [4.69, 9.17) is 5.11 Å². The first-order valence-electron chi connectivity index (χ1n) is 6.18. The van der Waals surface area contributed by atoms with Crippen molar-refractivity contribution in [3.63, 3.8) is 0 Å². The zero-order valence-corrected chi connectivity index (χ0v) is 13.7. The molecular weight excluding hydrogens is 292 g/mol. The molecule has 0 aliphatic carbocycles. The predicted molar refractivity (Wildman–Crippen MR) is 84.0 cm³/mol. The summed E-state index contributed by atoms with van der Waals surface area (Å²) >= 11 is 0.